The molecule has 0 radical (unpaired) electrons. The first-order valence-electron chi connectivity index (χ1n) is 4.39. The summed E-state index contributed by atoms with van der Waals surface area (Å²) in [6.07, 6.45) is 0. The molecule has 0 amide bonds. The lowest BCUT2D eigenvalue weighted by molar-refractivity contribution is 0.347. The summed E-state index contributed by atoms with van der Waals surface area (Å²) in [4.78, 5) is 0. The van der Waals surface area contributed by atoms with E-state index in [1.54, 1.807) is 33.5 Å². The normalized spacial score (nSPS) is 9.53. The van der Waals surface area contributed by atoms with Gasteiger partial charge in [-0.2, -0.15) is 5.11 Å². The first-order chi connectivity index (χ1) is 7.26. The number of ether oxygens (including phenoxy) is 3. The second-order valence-electron chi connectivity index (χ2n) is 2.84. The Kier molecular flexibility index (Phi) is 3.91. The Morgan fingerprint density at radius 2 is 1.53 bits per heavy atom. The van der Waals surface area contributed by atoms with Crippen molar-refractivity contribution in [3.63, 3.8) is 0 Å². The van der Waals surface area contributed by atoms with Gasteiger partial charge in [-0.1, -0.05) is 0 Å². The van der Waals surface area contributed by atoms with E-state index in [1.165, 1.54) is 0 Å². The van der Waals surface area contributed by atoms with Crippen molar-refractivity contribution >= 4 is 0 Å². The molecule has 1 rings (SSSR count). The average Bonchev–Trinajstić information content (AvgIpc) is 2.28. The van der Waals surface area contributed by atoms with Crippen LogP contribution in [0.1, 0.15) is 5.56 Å². The summed E-state index contributed by atoms with van der Waals surface area (Å²) in [7, 11) is 4.69. The van der Waals surface area contributed by atoms with E-state index >= 15 is 0 Å². The van der Waals surface area contributed by atoms with Gasteiger partial charge in [-0.25, -0.2) is 5.53 Å². The molecule has 0 aliphatic carbocycles. The van der Waals surface area contributed by atoms with Crippen LogP contribution in [0.15, 0.2) is 17.2 Å². The first kappa shape index (κ1) is 11.3. The standard InChI is InChI=1S/C10H14N2O3/c1-13-8-5-10(15-3)9(14-2)4-7(8)6-12-11/h4-5,11H,6H2,1-3H3. The monoisotopic (exact) mass is 210 g/mol. The Labute approximate surface area is 88.5 Å². The second-order valence-corrected chi connectivity index (χ2v) is 2.84. The summed E-state index contributed by atoms with van der Waals surface area (Å²) in [5.41, 5.74) is 7.63. The van der Waals surface area contributed by atoms with E-state index in [2.05, 4.69) is 5.11 Å². The lowest BCUT2D eigenvalue weighted by atomic mass is 10.1. The summed E-state index contributed by atoms with van der Waals surface area (Å²) < 4.78 is 15.4. The van der Waals surface area contributed by atoms with Crippen molar-refractivity contribution < 1.29 is 14.2 Å². The Balaban J connectivity index is 3.20. The number of nitrogens with one attached hydrogen (secondary N) is 1. The maximum absolute atomic E-state index is 6.84. The fourth-order valence-corrected chi connectivity index (χ4v) is 1.30. The minimum absolute atomic E-state index is 0.267. The molecule has 0 aliphatic heterocycles. The third kappa shape index (κ3) is 2.37. The molecule has 0 saturated heterocycles. The zero-order valence-electron chi connectivity index (χ0n) is 9.03. The van der Waals surface area contributed by atoms with Gasteiger partial charge < -0.3 is 14.2 Å². The van der Waals surface area contributed by atoms with E-state index in [0.717, 1.165) is 5.56 Å². The number of methoxy groups -OCH3 is 3. The molecule has 0 heterocycles. The Morgan fingerprint density at radius 3 is 2.00 bits per heavy atom. The van der Waals surface area contributed by atoms with Crippen LogP contribution in [-0.4, -0.2) is 21.3 Å². The van der Waals surface area contributed by atoms with E-state index < -0.39 is 0 Å². The Morgan fingerprint density at radius 1 is 1.00 bits per heavy atom. The molecule has 15 heavy (non-hydrogen) atoms. The van der Waals surface area contributed by atoms with Crippen molar-refractivity contribution in [1.29, 1.82) is 5.53 Å². The fraction of sp³-hybridized carbons (Fsp3) is 0.400. The van der Waals surface area contributed by atoms with Gasteiger partial charge in [0.25, 0.3) is 0 Å². The lowest BCUT2D eigenvalue weighted by Gasteiger charge is -2.12. The van der Waals surface area contributed by atoms with Crippen LogP contribution < -0.4 is 14.2 Å². The van der Waals surface area contributed by atoms with E-state index in [1.807, 2.05) is 0 Å². The number of rotatable bonds is 5. The highest BCUT2D eigenvalue weighted by atomic mass is 16.5. The zero-order valence-corrected chi connectivity index (χ0v) is 9.03. The zero-order chi connectivity index (χ0) is 11.3. The molecular weight excluding hydrogens is 196 g/mol. The molecule has 5 nitrogen and oxygen atoms in total. The van der Waals surface area contributed by atoms with Gasteiger partial charge in [-0.05, 0) is 6.07 Å². The molecule has 1 aromatic rings. The molecule has 0 unspecified atom stereocenters. The summed E-state index contributed by atoms with van der Waals surface area (Å²) in [5.74, 6) is 1.85. The van der Waals surface area contributed by atoms with Gasteiger partial charge in [-0.3, -0.25) is 0 Å². The molecular formula is C10H14N2O3. The SMILES string of the molecule is COc1cc(OC)c(OC)cc1CN=N. The molecule has 82 valence electrons. The maximum atomic E-state index is 6.84. The summed E-state index contributed by atoms with van der Waals surface area (Å²) in [6, 6.07) is 3.48. The molecule has 0 aromatic heterocycles. The quantitative estimate of drug-likeness (QED) is 0.758. The van der Waals surface area contributed by atoms with E-state index in [0.29, 0.717) is 17.2 Å². The minimum atomic E-state index is 0.267. The van der Waals surface area contributed by atoms with Crippen LogP contribution in [0.5, 0.6) is 17.2 Å². The maximum Gasteiger partial charge on any atom is 0.164 e. The van der Waals surface area contributed by atoms with Gasteiger partial charge in [0.05, 0.1) is 27.9 Å². The van der Waals surface area contributed by atoms with E-state index in [9.17, 15) is 0 Å². The Hall–Kier alpha value is -1.78. The number of hydrogen-bond acceptors (Lipinski definition) is 5. The van der Waals surface area contributed by atoms with Crippen LogP contribution in [-0.2, 0) is 6.54 Å². The predicted molar refractivity (Wildman–Crippen MR) is 54.9 cm³/mol. The van der Waals surface area contributed by atoms with E-state index in [-0.39, 0.29) is 6.54 Å². The van der Waals surface area contributed by atoms with Gasteiger partial charge in [0, 0.05) is 11.6 Å². The summed E-state index contributed by atoms with van der Waals surface area (Å²) in [6.45, 7) is 0.267. The minimum Gasteiger partial charge on any atom is -0.496 e. The van der Waals surface area contributed by atoms with Crippen LogP contribution in [0.3, 0.4) is 0 Å². The molecule has 0 spiro atoms. The van der Waals surface area contributed by atoms with Crippen molar-refractivity contribution in [3.8, 4) is 17.2 Å². The smallest absolute Gasteiger partial charge is 0.164 e. The van der Waals surface area contributed by atoms with Gasteiger partial charge >= 0.3 is 0 Å². The van der Waals surface area contributed by atoms with Crippen LogP contribution in [0, 0.1) is 5.53 Å². The number of benzene rings is 1. The highest BCUT2D eigenvalue weighted by molar-refractivity contribution is 5.50. The molecule has 0 bridgehead atoms. The first-order valence-corrected chi connectivity index (χ1v) is 4.39. The number of nitrogens with zero attached hydrogens (tertiary/aromatic N) is 1. The van der Waals surface area contributed by atoms with Crippen molar-refractivity contribution in [3.05, 3.63) is 17.7 Å². The third-order valence-electron chi connectivity index (χ3n) is 2.04. The Bertz CT molecular complexity index is 353. The largest absolute Gasteiger partial charge is 0.496 e. The molecule has 0 fully saturated rings. The molecule has 0 saturated carbocycles. The van der Waals surface area contributed by atoms with Crippen LogP contribution >= 0.6 is 0 Å². The van der Waals surface area contributed by atoms with Gasteiger partial charge in [0.2, 0.25) is 0 Å². The van der Waals surface area contributed by atoms with Crippen LogP contribution in [0.4, 0.5) is 0 Å². The topological polar surface area (TPSA) is 63.9 Å². The predicted octanol–water partition coefficient (Wildman–Crippen LogP) is 2.24. The van der Waals surface area contributed by atoms with Crippen LogP contribution in [0.25, 0.3) is 0 Å². The molecule has 1 aromatic carbocycles. The molecule has 0 atom stereocenters. The average molecular weight is 210 g/mol. The van der Waals surface area contributed by atoms with Crippen molar-refractivity contribution in [1.82, 2.24) is 0 Å². The fourth-order valence-electron chi connectivity index (χ4n) is 1.30. The van der Waals surface area contributed by atoms with Crippen LogP contribution in [0.2, 0.25) is 0 Å². The third-order valence-corrected chi connectivity index (χ3v) is 2.04. The summed E-state index contributed by atoms with van der Waals surface area (Å²) >= 11 is 0. The number of hydrogen-bond donors (Lipinski definition) is 1. The highest BCUT2D eigenvalue weighted by Gasteiger charge is 2.10. The van der Waals surface area contributed by atoms with Gasteiger partial charge in [-0.15, -0.1) is 0 Å². The lowest BCUT2D eigenvalue weighted by Crippen LogP contribution is -1.96. The van der Waals surface area contributed by atoms with Crippen molar-refractivity contribution in [2.24, 2.45) is 5.11 Å². The molecule has 0 aliphatic rings. The molecule has 5 heteroatoms. The summed E-state index contributed by atoms with van der Waals surface area (Å²) in [5, 5.41) is 3.32. The van der Waals surface area contributed by atoms with Gasteiger partial charge in [0.15, 0.2) is 11.5 Å². The molecule has 1 N–H and O–H groups in total. The van der Waals surface area contributed by atoms with Crippen molar-refractivity contribution in [2.75, 3.05) is 21.3 Å². The van der Waals surface area contributed by atoms with Crippen molar-refractivity contribution in [2.45, 2.75) is 6.54 Å². The van der Waals surface area contributed by atoms with E-state index in [4.69, 9.17) is 19.7 Å². The van der Waals surface area contributed by atoms with Gasteiger partial charge in [0.1, 0.15) is 5.75 Å². The highest BCUT2D eigenvalue weighted by Crippen LogP contribution is 2.34. The second kappa shape index (κ2) is 5.19.